The van der Waals surface area contributed by atoms with Gasteiger partial charge < -0.3 is 19.5 Å². The molecule has 0 aliphatic carbocycles. The van der Waals surface area contributed by atoms with Gasteiger partial charge in [-0.05, 0) is 51.5 Å². The van der Waals surface area contributed by atoms with Gasteiger partial charge in [0.2, 0.25) is 0 Å². The maximum Gasteiger partial charge on any atom is 0.410 e. The number of anilines is 1. The minimum absolute atomic E-state index is 0.0517. The molecule has 0 radical (unpaired) electrons. The first-order chi connectivity index (χ1) is 17.0. The van der Waals surface area contributed by atoms with Crippen LogP contribution in [0.25, 0.3) is 22.7 Å². The van der Waals surface area contributed by atoms with Gasteiger partial charge in [0.25, 0.3) is 0 Å². The van der Waals surface area contributed by atoms with E-state index in [0.717, 1.165) is 5.69 Å². The summed E-state index contributed by atoms with van der Waals surface area (Å²) in [6.45, 7) is 7.63. The number of nitrogens with one attached hydrogen (secondary N) is 1. The maximum absolute atomic E-state index is 12.8. The highest BCUT2D eigenvalue weighted by Crippen LogP contribution is 2.35. The van der Waals surface area contributed by atoms with Crippen molar-refractivity contribution in [1.82, 2.24) is 15.0 Å². The molecule has 1 aromatic carbocycles. The second kappa shape index (κ2) is 11.8. The summed E-state index contributed by atoms with van der Waals surface area (Å²) in [5.74, 6) is 0.398. The molecular weight excluding hydrogens is 503 g/mol. The predicted octanol–water partition coefficient (Wildman–Crippen LogP) is 6.73. The van der Waals surface area contributed by atoms with Crippen LogP contribution in [0.15, 0.2) is 47.1 Å². The summed E-state index contributed by atoms with van der Waals surface area (Å²) in [5.41, 5.74) is 1.79. The monoisotopic (exact) mass is 532 g/mol. The highest BCUT2D eigenvalue weighted by atomic mass is 35.5. The Morgan fingerprint density at radius 3 is 2.47 bits per heavy atom. The first-order valence-corrected chi connectivity index (χ1v) is 12.4. The Bertz CT molecular complexity index is 1200. The molecule has 10 heteroatoms. The molecule has 8 nitrogen and oxygen atoms in total. The summed E-state index contributed by atoms with van der Waals surface area (Å²) in [4.78, 5) is 30.9. The lowest BCUT2D eigenvalue weighted by atomic mass is 10.1. The van der Waals surface area contributed by atoms with E-state index in [1.165, 1.54) is 4.90 Å². The molecule has 1 unspecified atom stereocenters. The fourth-order valence-electron chi connectivity index (χ4n) is 3.61. The highest BCUT2D eigenvalue weighted by molar-refractivity contribution is 6.39. The number of hydrogen-bond donors (Lipinski definition) is 1. The minimum atomic E-state index is -0.628. The van der Waals surface area contributed by atoms with Crippen LogP contribution in [-0.4, -0.2) is 52.2 Å². The van der Waals surface area contributed by atoms with Crippen molar-refractivity contribution >= 4 is 40.8 Å². The predicted molar refractivity (Wildman–Crippen MR) is 141 cm³/mol. The first-order valence-electron chi connectivity index (χ1n) is 11.6. The van der Waals surface area contributed by atoms with Crippen molar-refractivity contribution in [1.29, 1.82) is 0 Å². The number of amides is 1. The molecule has 0 fully saturated rings. The molecule has 0 saturated carbocycles. The number of benzene rings is 1. The lowest BCUT2D eigenvalue weighted by Crippen LogP contribution is -2.44. The van der Waals surface area contributed by atoms with Crippen molar-refractivity contribution in [2.24, 2.45) is 0 Å². The van der Waals surface area contributed by atoms with Crippen LogP contribution in [0.2, 0.25) is 10.0 Å². The number of carbonyl (C=O) groups excluding carboxylic acids is 2. The molecule has 1 atom stereocenters. The summed E-state index contributed by atoms with van der Waals surface area (Å²) in [7, 11) is 1.59. The van der Waals surface area contributed by atoms with Gasteiger partial charge in [0.05, 0.1) is 16.1 Å². The van der Waals surface area contributed by atoms with E-state index in [4.69, 9.17) is 32.5 Å². The topological polar surface area (TPSA) is 97.6 Å². The van der Waals surface area contributed by atoms with E-state index < -0.39 is 17.7 Å². The van der Waals surface area contributed by atoms with Gasteiger partial charge in [0.15, 0.2) is 11.5 Å². The fraction of sp³-hybridized carbons (Fsp3) is 0.385. The SMILES string of the molecule is CCC(C(=O)CCNc1ccnc(-c2cc(-c3c(Cl)cccc3Cl)no2)c1)N(C)C(=O)OC(C)(C)C. The van der Waals surface area contributed by atoms with Crippen LogP contribution in [0.1, 0.15) is 40.5 Å². The number of likely N-dealkylation sites (N-methyl/N-ethyl adjacent to an activating group) is 1. The summed E-state index contributed by atoms with van der Waals surface area (Å²) in [5, 5.41) is 8.26. The molecular formula is C26H30Cl2N4O4. The Hall–Kier alpha value is -3.10. The van der Waals surface area contributed by atoms with Crippen LogP contribution in [0.4, 0.5) is 10.5 Å². The molecule has 0 bridgehead atoms. The molecule has 0 aliphatic heterocycles. The zero-order valence-electron chi connectivity index (χ0n) is 21.0. The van der Waals surface area contributed by atoms with E-state index in [9.17, 15) is 9.59 Å². The standard InChI is InChI=1S/C26H30Cl2N4O4/c1-6-21(32(5)25(34)35-26(2,3)4)22(33)11-13-29-16-10-12-30-19(14-16)23-15-20(31-36-23)24-17(27)8-7-9-18(24)28/h7-10,12,14-15,21H,6,11,13H2,1-5H3,(H,29,30). The Labute approximate surface area is 220 Å². The average molecular weight is 533 g/mol. The Morgan fingerprint density at radius 2 is 1.83 bits per heavy atom. The Morgan fingerprint density at radius 1 is 1.14 bits per heavy atom. The van der Waals surface area contributed by atoms with Gasteiger partial charge in [-0.3, -0.25) is 9.78 Å². The third-order valence-corrected chi connectivity index (χ3v) is 5.98. The quantitative estimate of drug-likeness (QED) is 0.326. The molecule has 0 spiro atoms. The number of ether oxygens (including phenoxy) is 1. The van der Waals surface area contributed by atoms with Crippen molar-refractivity contribution in [2.45, 2.75) is 52.2 Å². The number of hydrogen-bond acceptors (Lipinski definition) is 7. The zero-order valence-corrected chi connectivity index (χ0v) is 22.5. The molecule has 1 N–H and O–H groups in total. The highest BCUT2D eigenvalue weighted by Gasteiger charge is 2.28. The van der Waals surface area contributed by atoms with Crippen molar-refractivity contribution in [2.75, 3.05) is 18.9 Å². The molecule has 1 amide bonds. The second-order valence-electron chi connectivity index (χ2n) is 9.26. The van der Waals surface area contributed by atoms with Crippen LogP contribution >= 0.6 is 23.2 Å². The van der Waals surface area contributed by atoms with Crippen LogP contribution in [-0.2, 0) is 9.53 Å². The number of pyridine rings is 1. The van der Waals surface area contributed by atoms with Gasteiger partial charge in [0, 0.05) is 43.5 Å². The number of rotatable bonds is 9. The van der Waals surface area contributed by atoms with Crippen LogP contribution in [0, 0.1) is 0 Å². The molecule has 2 aromatic heterocycles. The second-order valence-corrected chi connectivity index (χ2v) is 10.1. The molecule has 0 aliphatic rings. The van der Waals surface area contributed by atoms with Gasteiger partial charge in [0.1, 0.15) is 17.0 Å². The third kappa shape index (κ3) is 6.98. The Kier molecular flexibility index (Phi) is 8.98. The lowest BCUT2D eigenvalue weighted by molar-refractivity contribution is -0.123. The average Bonchev–Trinajstić information content (AvgIpc) is 3.28. The van der Waals surface area contributed by atoms with E-state index in [0.29, 0.717) is 45.7 Å². The molecule has 3 rings (SSSR count). The van der Waals surface area contributed by atoms with Gasteiger partial charge in [-0.1, -0.05) is 41.3 Å². The largest absolute Gasteiger partial charge is 0.444 e. The van der Waals surface area contributed by atoms with Gasteiger partial charge >= 0.3 is 6.09 Å². The molecule has 192 valence electrons. The van der Waals surface area contributed by atoms with Gasteiger partial charge in [-0.15, -0.1) is 0 Å². The van der Waals surface area contributed by atoms with Gasteiger partial charge in [-0.25, -0.2) is 4.79 Å². The third-order valence-electron chi connectivity index (χ3n) is 5.35. The normalized spacial score (nSPS) is 12.2. The minimum Gasteiger partial charge on any atom is -0.444 e. The first kappa shape index (κ1) is 27.5. The number of Topliss-reactive ketones (excluding diaryl/α,β-unsaturated/α-hetero) is 1. The van der Waals surface area contributed by atoms with Crippen LogP contribution in [0.3, 0.4) is 0 Å². The van der Waals surface area contributed by atoms with Crippen molar-refractivity contribution in [3.05, 3.63) is 52.6 Å². The molecule has 36 heavy (non-hydrogen) atoms. The van der Waals surface area contributed by atoms with Crippen molar-refractivity contribution in [3.8, 4) is 22.7 Å². The lowest BCUT2D eigenvalue weighted by Gasteiger charge is -2.29. The van der Waals surface area contributed by atoms with Crippen LogP contribution in [0.5, 0.6) is 0 Å². The number of halogens is 2. The smallest absolute Gasteiger partial charge is 0.410 e. The number of aromatic nitrogens is 2. The van der Waals surface area contributed by atoms with Crippen LogP contribution < -0.4 is 5.32 Å². The Balaban J connectivity index is 1.62. The van der Waals surface area contributed by atoms with Gasteiger partial charge in [-0.2, -0.15) is 0 Å². The van der Waals surface area contributed by atoms with E-state index >= 15 is 0 Å². The summed E-state index contributed by atoms with van der Waals surface area (Å²) in [6, 6.07) is 9.98. The zero-order chi connectivity index (χ0) is 26.5. The number of nitrogens with zero attached hydrogens (tertiary/aromatic N) is 3. The summed E-state index contributed by atoms with van der Waals surface area (Å²) >= 11 is 12.6. The molecule has 2 heterocycles. The molecule has 0 saturated heterocycles. The van der Waals surface area contributed by atoms with Crippen molar-refractivity contribution < 1.29 is 18.8 Å². The fourth-order valence-corrected chi connectivity index (χ4v) is 4.20. The summed E-state index contributed by atoms with van der Waals surface area (Å²) in [6.07, 6.45) is 1.85. The van der Waals surface area contributed by atoms with Crippen molar-refractivity contribution in [3.63, 3.8) is 0 Å². The maximum atomic E-state index is 12.8. The summed E-state index contributed by atoms with van der Waals surface area (Å²) < 4.78 is 10.9. The van der Waals surface area contributed by atoms with E-state index in [-0.39, 0.29) is 12.2 Å². The molecule has 3 aromatic rings. The van der Waals surface area contributed by atoms with E-state index in [2.05, 4.69) is 15.5 Å². The number of ketones is 1. The number of carbonyl (C=O) groups is 2. The van der Waals surface area contributed by atoms with E-state index in [1.807, 2.05) is 6.92 Å². The van der Waals surface area contributed by atoms with E-state index in [1.54, 1.807) is 70.4 Å².